The number of carbonyl (C=O) groups excluding carboxylic acids is 6. The van der Waals surface area contributed by atoms with Gasteiger partial charge in [-0.2, -0.15) is 0 Å². The molecule has 4 fully saturated rings. The van der Waals surface area contributed by atoms with Crippen molar-refractivity contribution in [3.8, 4) is 0 Å². The molecule has 0 amide bonds. The molecule has 0 radical (unpaired) electrons. The number of hydrogen-bond acceptors (Lipinski definition) is 13. The van der Waals surface area contributed by atoms with E-state index in [2.05, 4.69) is 6.58 Å². The van der Waals surface area contributed by atoms with Gasteiger partial charge >= 0.3 is 29.8 Å². The predicted molar refractivity (Wildman–Crippen MR) is 154 cm³/mol. The highest BCUT2D eigenvalue weighted by Crippen LogP contribution is 2.71. The summed E-state index contributed by atoms with van der Waals surface area (Å²) in [5.74, 6) is -6.16. The summed E-state index contributed by atoms with van der Waals surface area (Å²) in [5, 5.41) is 0. The molecule has 1 aromatic heterocycles. The van der Waals surface area contributed by atoms with Crippen molar-refractivity contribution in [2.24, 2.45) is 28.1 Å². The molecule has 2 aliphatic carbocycles. The molecule has 250 valence electrons. The van der Waals surface area contributed by atoms with Crippen molar-refractivity contribution in [3.05, 3.63) is 36.3 Å². The van der Waals surface area contributed by atoms with E-state index in [-0.39, 0.29) is 12.0 Å². The number of fused-ring (bicyclic) bond motifs is 2. The van der Waals surface area contributed by atoms with E-state index in [1.165, 1.54) is 40.4 Å². The molecule has 2 aliphatic heterocycles. The smallest absolute Gasteiger partial charge is 0.309 e. The summed E-state index contributed by atoms with van der Waals surface area (Å²) in [6.07, 6.45) is -4.29. The van der Waals surface area contributed by atoms with Crippen molar-refractivity contribution in [3.63, 3.8) is 0 Å². The van der Waals surface area contributed by atoms with Crippen LogP contribution in [0.15, 0.2) is 35.2 Å². The Labute approximate surface area is 266 Å². The number of hydrogen-bond donors (Lipinski definition) is 0. The fourth-order valence-electron chi connectivity index (χ4n) is 8.85. The fourth-order valence-corrected chi connectivity index (χ4v) is 8.85. The quantitative estimate of drug-likeness (QED) is 0.251. The van der Waals surface area contributed by atoms with Crippen LogP contribution >= 0.6 is 0 Å². The molecule has 0 N–H and O–H groups in total. The minimum absolute atomic E-state index is 0.173. The monoisotopic (exact) mass is 644 g/mol. The lowest BCUT2D eigenvalue weighted by Crippen LogP contribution is -2.72. The summed E-state index contributed by atoms with van der Waals surface area (Å²) >= 11 is 0. The van der Waals surface area contributed by atoms with Crippen LogP contribution in [0.4, 0.5) is 0 Å². The zero-order valence-corrected chi connectivity index (χ0v) is 27.2. The SMILES string of the molecule is C=C1[C@H]2C(=O)[C@@]3(C)[C@@H](O[C@@]14CC(=O)O[C@@H](c1ccoc1)[C@@]4(C)[C@H]2OC(C)=O)[C@@H](OC(C)=O)[C@@H](OC(C)=O)C(C)(C)[C@@H]3CC(=O)OC. The molecule has 1 aromatic rings. The zero-order chi connectivity index (χ0) is 34.1. The highest BCUT2D eigenvalue weighted by molar-refractivity contribution is 5.94. The number of cyclic esters (lactones) is 1. The Bertz CT molecular complexity index is 1490. The molecule has 2 bridgehead atoms. The second-order valence-electron chi connectivity index (χ2n) is 13.7. The normalized spacial score (nSPS) is 39.2. The number of Topliss-reactive ketones (excluding diaryl/α,β-unsaturated/α-hetero) is 1. The fraction of sp³-hybridized carbons (Fsp3) is 0.636. The van der Waals surface area contributed by atoms with Crippen LogP contribution < -0.4 is 0 Å². The Balaban J connectivity index is 1.84. The van der Waals surface area contributed by atoms with Crippen molar-refractivity contribution >= 4 is 35.6 Å². The Kier molecular flexibility index (Phi) is 8.03. The van der Waals surface area contributed by atoms with Gasteiger partial charge in [0.15, 0.2) is 11.9 Å². The van der Waals surface area contributed by atoms with E-state index in [4.69, 9.17) is 32.8 Å². The van der Waals surface area contributed by atoms with Crippen LogP contribution in [0.2, 0.25) is 0 Å². The van der Waals surface area contributed by atoms with Crippen LogP contribution in [0.25, 0.3) is 0 Å². The highest BCUT2D eigenvalue weighted by Gasteiger charge is 2.81. The van der Waals surface area contributed by atoms with Gasteiger partial charge in [0.05, 0.1) is 49.2 Å². The molecule has 46 heavy (non-hydrogen) atoms. The number of esters is 5. The van der Waals surface area contributed by atoms with E-state index in [0.29, 0.717) is 5.56 Å². The van der Waals surface area contributed by atoms with Crippen molar-refractivity contribution in [1.82, 2.24) is 0 Å². The maximum Gasteiger partial charge on any atom is 0.309 e. The van der Waals surface area contributed by atoms with Gasteiger partial charge in [-0.25, -0.2) is 0 Å². The first kappa shape index (κ1) is 33.4. The van der Waals surface area contributed by atoms with Crippen LogP contribution in [0, 0.1) is 28.1 Å². The van der Waals surface area contributed by atoms with Crippen molar-refractivity contribution < 1.29 is 61.6 Å². The number of rotatable bonds is 6. The van der Waals surface area contributed by atoms with Gasteiger partial charge in [-0.3, -0.25) is 28.8 Å². The number of ketones is 1. The molecule has 0 aromatic carbocycles. The molecule has 3 heterocycles. The lowest BCUT2D eigenvalue weighted by atomic mass is 9.49. The number of furan rings is 1. The number of ether oxygens (including phenoxy) is 6. The first-order valence-electron chi connectivity index (χ1n) is 15.1. The Hall–Kier alpha value is -4.00. The molecule has 10 atom stereocenters. The average Bonchev–Trinajstić information content (AvgIpc) is 3.53. The molecule has 2 saturated carbocycles. The predicted octanol–water partition coefficient (Wildman–Crippen LogP) is 3.19. The molecule has 5 rings (SSSR count). The van der Waals surface area contributed by atoms with Gasteiger partial charge in [-0.1, -0.05) is 20.4 Å². The maximum absolute atomic E-state index is 15.4. The summed E-state index contributed by atoms with van der Waals surface area (Å²) in [7, 11) is 1.21. The summed E-state index contributed by atoms with van der Waals surface area (Å²) < 4.78 is 41.0. The summed E-state index contributed by atoms with van der Waals surface area (Å²) in [5.41, 5.74) is -5.46. The molecular formula is C33H40O13. The van der Waals surface area contributed by atoms with Crippen LogP contribution in [0.3, 0.4) is 0 Å². The highest BCUT2D eigenvalue weighted by atomic mass is 16.6. The lowest BCUT2D eigenvalue weighted by molar-refractivity contribution is -0.299. The summed E-state index contributed by atoms with van der Waals surface area (Å²) in [6, 6.07) is 1.59. The zero-order valence-electron chi connectivity index (χ0n) is 27.2. The average molecular weight is 645 g/mol. The third-order valence-electron chi connectivity index (χ3n) is 10.9. The molecular weight excluding hydrogens is 604 g/mol. The van der Waals surface area contributed by atoms with Crippen LogP contribution in [0.5, 0.6) is 0 Å². The van der Waals surface area contributed by atoms with E-state index < -0.39 is 106 Å². The van der Waals surface area contributed by atoms with Crippen LogP contribution in [-0.2, 0) is 57.2 Å². The van der Waals surface area contributed by atoms with Crippen LogP contribution in [0.1, 0.15) is 73.0 Å². The topological polar surface area (TPSA) is 171 Å². The third kappa shape index (κ3) is 4.52. The van der Waals surface area contributed by atoms with E-state index in [1.807, 2.05) is 0 Å². The Morgan fingerprint density at radius 3 is 2.11 bits per heavy atom. The minimum Gasteiger partial charge on any atom is -0.472 e. The van der Waals surface area contributed by atoms with Gasteiger partial charge in [0, 0.05) is 31.7 Å². The van der Waals surface area contributed by atoms with Crippen molar-refractivity contribution in [2.75, 3.05) is 7.11 Å². The van der Waals surface area contributed by atoms with E-state index in [9.17, 15) is 24.0 Å². The molecule has 1 spiro atoms. The second kappa shape index (κ2) is 11.1. The van der Waals surface area contributed by atoms with E-state index >= 15 is 4.79 Å². The molecule has 13 heteroatoms. The second-order valence-corrected chi connectivity index (χ2v) is 13.7. The number of carbonyl (C=O) groups is 6. The summed E-state index contributed by atoms with van der Waals surface area (Å²) in [6.45, 7) is 14.6. The Morgan fingerprint density at radius 1 is 0.957 bits per heavy atom. The van der Waals surface area contributed by atoms with Gasteiger partial charge < -0.3 is 32.8 Å². The third-order valence-corrected chi connectivity index (χ3v) is 10.9. The van der Waals surface area contributed by atoms with Gasteiger partial charge in [0.1, 0.15) is 30.0 Å². The largest absolute Gasteiger partial charge is 0.472 e. The van der Waals surface area contributed by atoms with Crippen LogP contribution in [-0.4, -0.2) is 72.8 Å². The standard InChI is InChI=1S/C33H40O13/c1-15-23-25(39)31(7)20(12-21(37)40-9)30(5,6)28(44-18(4)36)24(42-16(2)34)29(31)46-33(15)13-22(38)45-26(19-10-11-41-14-19)32(33,8)27(23)43-17(3)35/h10-11,14,20,23-24,26-29H,1,12-13H2,2-9H3/t20-,23-,24-,26-,27-,28+,29-,31-,32-,33-/m0/s1. The number of methoxy groups -OCH3 is 1. The summed E-state index contributed by atoms with van der Waals surface area (Å²) in [4.78, 5) is 79.7. The molecule has 2 saturated heterocycles. The van der Waals surface area contributed by atoms with Crippen molar-refractivity contribution in [1.29, 1.82) is 0 Å². The lowest BCUT2D eigenvalue weighted by Gasteiger charge is -2.61. The molecule has 0 unspecified atom stereocenters. The first-order valence-corrected chi connectivity index (χ1v) is 15.1. The molecule has 13 nitrogen and oxygen atoms in total. The van der Waals surface area contributed by atoms with E-state index in [1.54, 1.807) is 33.8 Å². The molecule has 4 aliphatic rings. The first-order chi connectivity index (χ1) is 21.4. The van der Waals surface area contributed by atoms with Gasteiger partial charge in [0.25, 0.3) is 0 Å². The van der Waals surface area contributed by atoms with Crippen molar-refractivity contribution in [2.45, 2.75) is 97.4 Å². The van der Waals surface area contributed by atoms with E-state index in [0.717, 1.165) is 0 Å². The van der Waals surface area contributed by atoms with Gasteiger partial charge in [-0.15, -0.1) is 0 Å². The Morgan fingerprint density at radius 2 is 1.57 bits per heavy atom. The minimum atomic E-state index is -1.73. The van der Waals surface area contributed by atoms with Gasteiger partial charge in [-0.05, 0) is 31.4 Å². The van der Waals surface area contributed by atoms with Gasteiger partial charge in [0.2, 0.25) is 0 Å². The maximum atomic E-state index is 15.4.